The van der Waals surface area contributed by atoms with Gasteiger partial charge in [-0.25, -0.2) is 4.98 Å². The molecule has 1 aromatic carbocycles. The minimum atomic E-state index is -2.66. The Balaban J connectivity index is 1.56. The van der Waals surface area contributed by atoms with Crippen molar-refractivity contribution in [2.24, 2.45) is 13.0 Å². The molecule has 1 atom stereocenters. The van der Waals surface area contributed by atoms with Gasteiger partial charge in [-0.2, -0.15) is 5.10 Å². The zero-order valence-corrected chi connectivity index (χ0v) is 18.6. The van der Waals surface area contributed by atoms with Crippen LogP contribution in [0.4, 0.5) is 22.9 Å². The summed E-state index contributed by atoms with van der Waals surface area (Å²) in [6, 6.07) is 7.36. The quantitative estimate of drug-likeness (QED) is 0.552. The number of aromatic nitrogens is 3. The monoisotopic (exact) mass is 448 g/mol. The number of carbonyl (C=O) groups excluding carboxylic acids is 2. The smallest absolute Gasteiger partial charge is 0.254 e. The molecule has 5 rings (SSSR count). The number of hydrogen-bond donors (Lipinski definition) is 3. The predicted molar refractivity (Wildman–Crippen MR) is 128 cm³/mol. The summed E-state index contributed by atoms with van der Waals surface area (Å²) in [5.41, 5.74) is 4.87. The zero-order chi connectivity index (χ0) is 25.8. The normalized spacial score (nSPS) is 18.3. The third-order valence-electron chi connectivity index (χ3n) is 6.26. The van der Waals surface area contributed by atoms with Gasteiger partial charge in [-0.1, -0.05) is 12.1 Å². The number of aryl methyl sites for hydroxylation is 1. The Bertz CT molecular complexity index is 1360. The molecule has 9 nitrogen and oxygen atoms in total. The van der Waals surface area contributed by atoms with E-state index in [-0.39, 0.29) is 29.2 Å². The van der Waals surface area contributed by atoms with Crippen LogP contribution in [0.2, 0.25) is 0 Å². The second-order valence-electron chi connectivity index (χ2n) is 8.55. The number of anilines is 4. The second-order valence-corrected chi connectivity index (χ2v) is 8.55. The number of nitrogens with zero attached hydrogens (tertiary/aromatic N) is 4. The van der Waals surface area contributed by atoms with Crippen LogP contribution < -0.4 is 20.9 Å². The molecule has 170 valence electrons. The molecular formula is C24H27N7O2. The molecule has 3 N–H and O–H groups in total. The summed E-state index contributed by atoms with van der Waals surface area (Å²) in [5.74, 6) is -0.672. The van der Waals surface area contributed by atoms with E-state index in [0.717, 1.165) is 35.3 Å². The Morgan fingerprint density at radius 1 is 1.21 bits per heavy atom. The van der Waals surface area contributed by atoms with E-state index in [1.165, 1.54) is 6.20 Å². The lowest BCUT2D eigenvalue weighted by molar-refractivity contribution is -0.117. The minimum absolute atomic E-state index is 0.0226. The average Bonchev–Trinajstić information content (AvgIpc) is 3.58. The van der Waals surface area contributed by atoms with Crippen molar-refractivity contribution >= 4 is 34.7 Å². The van der Waals surface area contributed by atoms with Gasteiger partial charge in [-0.15, -0.1) is 0 Å². The summed E-state index contributed by atoms with van der Waals surface area (Å²) in [5, 5.41) is 12.8. The first kappa shape index (κ1) is 17.6. The van der Waals surface area contributed by atoms with Crippen molar-refractivity contribution in [3.63, 3.8) is 0 Å². The highest BCUT2D eigenvalue weighted by Gasteiger charge is 2.31. The standard InChI is InChI=1S/C24H27N7O2/c1-13-17-12-30(3)29-21(17)15-6-5-7-18(22(15)31(13)4)27-19-10-20(28-23(32)14-8-9-14)26-11-16(19)24(33)25-2/h5-7,10-14H,8-9H2,1-4H3,(H,25,33)(H2,26,27,28,32)/t13-/m1/s1/i2D3. The number of pyridine rings is 1. The molecule has 1 aliphatic heterocycles. The number of carbonyl (C=O) groups is 2. The topological polar surface area (TPSA) is 104 Å². The van der Waals surface area contributed by atoms with E-state index in [1.807, 2.05) is 43.8 Å². The van der Waals surface area contributed by atoms with Crippen molar-refractivity contribution < 1.29 is 13.7 Å². The van der Waals surface area contributed by atoms with E-state index in [9.17, 15) is 9.59 Å². The number of benzene rings is 1. The Hall–Kier alpha value is -3.88. The van der Waals surface area contributed by atoms with E-state index in [2.05, 4.69) is 32.5 Å². The van der Waals surface area contributed by atoms with Crippen LogP contribution in [0.3, 0.4) is 0 Å². The lowest BCUT2D eigenvalue weighted by Crippen LogP contribution is -2.26. The summed E-state index contributed by atoms with van der Waals surface area (Å²) in [6.07, 6.45) is 4.96. The largest absolute Gasteiger partial charge is 0.365 e. The van der Waals surface area contributed by atoms with Gasteiger partial charge in [0.2, 0.25) is 5.91 Å². The molecule has 33 heavy (non-hydrogen) atoms. The Morgan fingerprint density at radius 3 is 2.79 bits per heavy atom. The Kier molecular flexibility index (Phi) is 4.23. The van der Waals surface area contributed by atoms with Gasteiger partial charge in [0.05, 0.1) is 34.4 Å². The number of rotatable bonds is 5. The second kappa shape index (κ2) is 7.91. The van der Waals surface area contributed by atoms with Gasteiger partial charge in [-0.3, -0.25) is 14.3 Å². The summed E-state index contributed by atoms with van der Waals surface area (Å²) in [6.45, 7) is -0.572. The van der Waals surface area contributed by atoms with E-state index in [4.69, 9.17) is 4.11 Å². The molecular weight excluding hydrogens is 418 g/mol. The van der Waals surface area contributed by atoms with Crippen molar-refractivity contribution in [2.45, 2.75) is 25.8 Å². The highest BCUT2D eigenvalue weighted by atomic mass is 16.2. The van der Waals surface area contributed by atoms with Crippen LogP contribution in [0.15, 0.2) is 36.7 Å². The Morgan fingerprint density at radius 2 is 2.03 bits per heavy atom. The summed E-state index contributed by atoms with van der Waals surface area (Å²) < 4.78 is 24.1. The number of hydrogen-bond acceptors (Lipinski definition) is 6. The fourth-order valence-electron chi connectivity index (χ4n) is 4.23. The van der Waals surface area contributed by atoms with Crippen LogP contribution in [0.25, 0.3) is 11.3 Å². The van der Waals surface area contributed by atoms with Crippen LogP contribution >= 0.6 is 0 Å². The molecule has 2 aliphatic rings. The number of fused-ring (bicyclic) bond motifs is 3. The third-order valence-corrected chi connectivity index (χ3v) is 6.26. The van der Waals surface area contributed by atoms with E-state index in [1.54, 1.807) is 10.7 Å². The van der Waals surface area contributed by atoms with Crippen molar-refractivity contribution in [3.05, 3.63) is 47.8 Å². The first-order valence-electron chi connectivity index (χ1n) is 12.3. The average molecular weight is 449 g/mol. The summed E-state index contributed by atoms with van der Waals surface area (Å²) in [4.78, 5) is 31.4. The molecule has 9 heteroatoms. The molecule has 2 aromatic heterocycles. The lowest BCUT2D eigenvalue weighted by atomic mass is 9.94. The molecule has 0 spiro atoms. The molecule has 0 radical (unpaired) electrons. The van der Waals surface area contributed by atoms with E-state index < -0.39 is 12.9 Å². The summed E-state index contributed by atoms with van der Waals surface area (Å²) >= 11 is 0. The maximum atomic E-state index is 12.8. The van der Waals surface area contributed by atoms with Gasteiger partial charge in [0.15, 0.2) is 0 Å². The SMILES string of the molecule is [2H]C([2H])([2H])NC(=O)c1cnc(NC(=O)C2CC2)cc1Nc1cccc2c1N(C)[C@H](C)c1cn(C)nc1-2. The fraction of sp³-hybridized carbons (Fsp3) is 0.333. The van der Waals surface area contributed by atoms with Gasteiger partial charge >= 0.3 is 0 Å². The van der Waals surface area contributed by atoms with Crippen molar-refractivity contribution in [1.29, 1.82) is 0 Å². The first-order valence-corrected chi connectivity index (χ1v) is 10.8. The van der Waals surface area contributed by atoms with Crippen molar-refractivity contribution in [2.75, 3.05) is 29.6 Å². The minimum Gasteiger partial charge on any atom is -0.365 e. The van der Waals surface area contributed by atoms with Gasteiger partial charge < -0.3 is 20.9 Å². The molecule has 2 amide bonds. The third kappa shape index (κ3) is 3.69. The maximum Gasteiger partial charge on any atom is 0.254 e. The van der Waals surface area contributed by atoms with Gasteiger partial charge in [0.1, 0.15) is 5.82 Å². The predicted octanol–water partition coefficient (Wildman–Crippen LogP) is 3.44. The van der Waals surface area contributed by atoms with Crippen LogP contribution in [-0.4, -0.2) is 40.6 Å². The molecule has 3 aromatic rings. The molecule has 1 aliphatic carbocycles. The number of para-hydroxylation sites is 1. The molecule has 3 heterocycles. The highest BCUT2D eigenvalue weighted by Crippen LogP contribution is 2.47. The van der Waals surface area contributed by atoms with E-state index in [0.29, 0.717) is 11.4 Å². The van der Waals surface area contributed by atoms with Crippen LogP contribution in [0.5, 0.6) is 0 Å². The summed E-state index contributed by atoms with van der Waals surface area (Å²) in [7, 11) is 3.87. The molecule has 0 bridgehead atoms. The van der Waals surface area contributed by atoms with Gasteiger partial charge in [0.25, 0.3) is 5.91 Å². The maximum absolute atomic E-state index is 12.8. The first-order chi connectivity index (χ1) is 17.0. The zero-order valence-electron chi connectivity index (χ0n) is 21.6. The van der Waals surface area contributed by atoms with E-state index >= 15 is 0 Å². The number of amides is 2. The highest BCUT2D eigenvalue weighted by molar-refractivity contribution is 6.02. The molecule has 0 unspecified atom stereocenters. The van der Waals surface area contributed by atoms with Crippen molar-refractivity contribution in [3.8, 4) is 11.3 Å². The Labute approximate surface area is 196 Å². The number of nitrogens with one attached hydrogen (secondary N) is 3. The fourth-order valence-corrected chi connectivity index (χ4v) is 4.23. The van der Waals surface area contributed by atoms with Gasteiger partial charge in [-0.05, 0) is 25.8 Å². The van der Waals surface area contributed by atoms with Crippen LogP contribution in [0, 0.1) is 5.92 Å². The molecule has 0 saturated heterocycles. The lowest BCUT2D eigenvalue weighted by Gasteiger charge is -2.35. The van der Waals surface area contributed by atoms with Crippen molar-refractivity contribution in [1.82, 2.24) is 20.1 Å². The molecule has 1 saturated carbocycles. The molecule has 1 fully saturated rings. The van der Waals surface area contributed by atoms with Crippen LogP contribution in [-0.2, 0) is 11.8 Å². The van der Waals surface area contributed by atoms with Crippen LogP contribution in [0.1, 0.15) is 45.8 Å². The van der Waals surface area contributed by atoms with Gasteiger partial charge in [0, 0.05) is 60.7 Å².